The Kier molecular flexibility index (Phi) is 3.56. The molecule has 2 aliphatic rings. The van der Waals surface area contributed by atoms with Crippen molar-refractivity contribution in [3.8, 4) is 11.1 Å². The monoisotopic (exact) mass is 363 g/mol. The van der Waals surface area contributed by atoms with Crippen LogP contribution in [0.15, 0.2) is 36.7 Å². The van der Waals surface area contributed by atoms with Crippen LogP contribution in [0, 0.1) is 5.92 Å². The third kappa shape index (κ3) is 2.99. The molecule has 136 valence electrons. The van der Waals surface area contributed by atoms with Gasteiger partial charge in [0, 0.05) is 23.3 Å². The van der Waals surface area contributed by atoms with Gasteiger partial charge in [-0.2, -0.15) is 0 Å². The quantitative estimate of drug-likeness (QED) is 0.693. The molecule has 27 heavy (non-hydrogen) atoms. The fourth-order valence-corrected chi connectivity index (χ4v) is 3.45. The average molecular weight is 363 g/mol. The van der Waals surface area contributed by atoms with Gasteiger partial charge in [0.25, 0.3) is 0 Å². The van der Waals surface area contributed by atoms with E-state index in [0.717, 1.165) is 16.5 Å². The first-order valence-corrected chi connectivity index (χ1v) is 9.06. The molecule has 3 N–H and O–H groups in total. The number of pyridine rings is 1. The minimum absolute atomic E-state index is 0.273. The number of nitrogens with two attached hydrogens (primary N) is 1. The first-order valence-electron chi connectivity index (χ1n) is 9.06. The van der Waals surface area contributed by atoms with Crippen LogP contribution in [0.4, 0.5) is 15.9 Å². The predicted molar refractivity (Wildman–Crippen MR) is 101 cm³/mol. The van der Waals surface area contributed by atoms with E-state index in [9.17, 15) is 9.18 Å². The van der Waals surface area contributed by atoms with E-state index in [1.807, 2.05) is 24.5 Å². The van der Waals surface area contributed by atoms with Crippen LogP contribution in [0.2, 0.25) is 0 Å². The molecule has 0 radical (unpaired) electrons. The summed E-state index contributed by atoms with van der Waals surface area (Å²) in [5.74, 6) is -0.0479. The molecule has 5 rings (SSSR count). The fraction of sp³-hybridized carbons (Fsp3) is 0.300. The lowest BCUT2D eigenvalue weighted by molar-refractivity contribution is -0.117. The zero-order valence-corrected chi connectivity index (χ0v) is 14.5. The maximum Gasteiger partial charge on any atom is 0.231 e. The number of nitrogen functional groups attached to an aromatic ring is 1. The molecule has 7 heteroatoms. The molecule has 2 unspecified atom stereocenters. The van der Waals surface area contributed by atoms with Crippen LogP contribution in [-0.4, -0.2) is 27.3 Å². The van der Waals surface area contributed by atoms with E-state index >= 15 is 0 Å². The summed E-state index contributed by atoms with van der Waals surface area (Å²) in [6.45, 7) is 0. The Morgan fingerprint density at radius 3 is 2.78 bits per heavy atom. The average Bonchev–Trinajstić information content (AvgIpc) is 3.57. The molecule has 2 aliphatic carbocycles. The predicted octanol–water partition coefficient (Wildman–Crippen LogP) is 3.45. The molecular weight excluding hydrogens is 345 g/mol. The Hall–Kier alpha value is -3.09. The highest BCUT2D eigenvalue weighted by atomic mass is 19.1. The minimum Gasteiger partial charge on any atom is -0.397 e. The van der Waals surface area contributed by atoms with Crippen molar-refractivity contribution in [2.24, 2.45) is 5.92 Å². The van der Waals surface area contributed by atoms with Gasteiger partial charge in [0.2, 0.25) is 5.91 Å². The maximum absolute atomic E-state index is 13.1. The summed E-state index contributed by atoms with van der Waals surface area (Å²) >= 11 is 0. The lowest BCUT2D eigenvalue weighted by atomic mass is 9.97. The molecule has 2 heterocycles. The zero-order valence-electron chi connectivity index (χ0n) is 14.5. The van der Waals surface area contributed by atoms with Gasteiger partial charge in [0.1, 0.15) is 11.7 Å². The van der Waals surface area contributed by atoms with Crippen molar-refractivity contribution < 1.29 is 9.18 Å². The molecule has 6 nitrogen and oxygen atoms in total. The first-order chi connectivity index (χ1) is 13.1. The second-order valence-electron chi connectivity index (χ2n) is 7.32. The molecule has 0 aliphatic heterocycles. The largest absolute Gasteiger partial charge is 0.397 e. The number of alkyl halides is 1. The van der Waals surface area contributed by atoms with Gasteiger partial charge < -0.3 is 11.1 Å². The SMILES string of the molecule is Nc1cc(-c2cnccc2C2CC2)cc2cc(NC(=O)C3CC3F)nnc12. The van der Waals surface area contributed by atoms with E-state index in [1.54, 1.807) is 6.07 Å². The second-order valence-corrected chi connectivity index (χ2v) is 7.32. The number of hydrogen-bond donors (Lipinski definition) is 2. The van der Waals surface area contributed by atoms with Crippen molar-refractivity contribution in [2.45, 2.75) is 31.4 Å². The van der Waals surface area contributed by atoms with Crippen LogP contribution in [0.25, 0.3) is 22.0 Å². The van der Waals surface area contributed by atoms with E-state index in [4.69, 9.17) is 5.73 Å². The molecule has 2 aromatic heterocycles. The molecular formula is C20H18FN5O. The molecule has 1 aromatic carbocycles. The van der Waals surface area contributed by atoms with Gasteiger partial charge in [0.05, 0.1) is 11.6 Å². The third-order valence-electron chi connectivity index (χ3n) is 5.20. The van der Waals surface area contributed by atoms with Gasteiger partial charge in [0.15, 0.2) is 5.82 Å². The van der Waals surface area contributed by atoms with E-state index in [1.165, 1.54) is 18.4 Å². The topological polar surface area (TPSA) is 93.8 Å². The number of halogens is 1. The number of rotatable bonds is 4. The lowest BCUT2D eigenvalue weighted by Crippen LogP contribution is -2.16. The molecule has 0 bridgehead atoms. The molecule has 2 fully saturated rings. The van der Waals surface area contributed by atoms with Crippen molar-refractivity contribution in [2.75, 3.05) is 11.1 Å². The lowest BCUT2D eigenvalue weighted by Gasteiger charge is -2.11. The van der Waals surface area contributed by atoms with Crippen LogP contribution >= 0.6 is 0 Å². The number of amides is 1. The normalized spacial score (nSPS) is 21.2. The van der Waals surface area contributed by atoms with Crippen molar-refractivity contribution >= 4 is 28.3 Å². The molecule has 0 saturated heterocycles. The fourth-order valence-electron chi connectivity index (χ4n) is 3.45. The maximum atomic E-state index is 13.1. The van der Waals surface area contributed by atoms with Crippen LogP contribution < -0.4 is 11.1 Å². The Morgan fingerprint density at radius 1 is 1.22 bits per heavy atom. The highest BCUT2D eigenvalue weighted by Gasteiger charge is 2.43. The number of nitrogens with zero attached hydrogens (tertiary/aromatic N) is 3. The van der Waals surface area contributed by atoms with Crippen molar-refractivity contribution in [3.05, 3.63) is 42.2 Å². The van der Waals surface area contributed by atoms with Crippen LogP contribution in [0.3, 0.4) is 0 Å². The van der Waals surface area contributed by atoms with Crippen LogP contribution in [0.5, 0.6) is 0 Å². The van der Waals surface area contributed by atoms with Gasteiger partial charge >= 0.3 is 0 Å². The molecule has 3 aromatic rings. The number of carbonyl (C=O) groups excluding carboxylic acids is 1. The highest BCUT2D eigenvalue weighted by Crippen LogP contribution is 2.44. The van der Waals surface area contributed by atoms with Gasteiger partial charge in [-0.25, -0.2) is 4.39 Å². The number of nitrogens with one attached hydrogen (secondary N) is 1. The number of benzene rings is 1. The minimum atomic E-state index is -1.05. The summed E-state index contributed by atoms with van der Waals surface area (Å²) < 4.78 is 13.1. The Bertz CT molecular complexity index is 1070. The van der Waals surface area contributed by atoms with E-state index in [0.29, 0.717) is 22.9 Å². The summed E-state index contributed by atoms with van der Waals surface area (Å²) in [6.07, 6.45) is 5.29. The third-order valence-corrected chi connectivity index (χ3v) is 5.20. The molecule has 2 saturated carbocycles. The summed E-state index contributed by atoms with van der Waals surface area (Å²) in [5, 5.41) is 11.6. The molecule has 0 spiro atoms. The van der Waals surface area contributed by atoms with Gasteiger partial charge in [-0.15, -0.1) is 10.2 Å². The smallest absolute Gasteiger partial charge is 0.231 e. The first kappa shape index (κ1) is 16.1. The van der Waals surface area contributed by atoms with Crippen LogP contribution in [0.1, 0.15) is 30.7 Å². The number of carbonyl (C=O) groups is 1. The number of aromatic nitrogens is 3. The number of fused-ring (bicyclic) bond motifs is 1. The summed E-state index contributed by atoms with van der Waals surface area (Å²) in [4.78, 5) is 16.2. The summed E-state index contributed by atoms with van der Waals surface area (Å²) in [7, 11) is 0. The van der Waals surface area contributed by atoms with Crippen molar-refractivity contribution in [1.82, 2.24) is 15.2 Å². The van der Waals surface area contributed by atoms with E-state index < -0.39 is 12.1 Å². The number of hydrogen-bond acceptors (Lipinski definition) is 5. The Morgan fingerprint density at radius 2 is 2.04 bits per heavy atom. The molecule has 2 atom stereocenters. The number of anilines is 2. The Balaban J connectivity index is 1.54. The van der Waals surface area contributed by atoms with Crippen molar-refractivity contribution in [1.29, 1.82) is 0 Å². The second kappa shape index (κ2) is 5.97. The standard InChI is InChI=1S/C20H18FN5O/c21-16-8-14(16)20(27)24-18-7-12-5-11(6-17(22)19(12)26-25-18)15-9-23-4-3-13(15)10-1-2-10/h3-7,9-10,14,16H,1-2,8,22H2,(H,24,25,27). The van der Waals surface area contributed by atoms with E-state index in [2.05, 4.69) is 26.6 Å². The zero-order chi connectivity index (χ0) is 18.5. The highest BCUT2D eigenvalue weighted by molar-refractivity contribution is 5.98. The Labute approximate surface area is 155 Å². The van der Waals surface area contributed by atoms with Crippen molar-refractivity contribution in [3.63, 3.8) is 0 Å². The summed E-state index contributed by atoms with van der Waals surface area (Å²) in [5.41, 5.74) is 10.6. The van der Waals surface area contributed by atoms with E-state index in [-0.39, 0.29) is 12.3 Å². The van der Waals surface area contributed by atoms with Gasteiger partial charge in [-0.1, -0.05) is 0 Å². The van der Waals surface area contributed by atoms with Gasteiger partial charge in [-0.3, -0.25) is 9.78 Å². The summed E-state index contributed by atoms with van der Waals surface area (Å²) in [6, 6.07) is 7.65. The molecule has 1 amide bonds. The van der Waals surface area contributed by atoms with Gasteiger partial charge in [-0.05, 0) is 60.6 Å². The van der Waals surface area contributed by atoms with Crippen LogP contribution in [-0.2, 0) is 4.79 Å².